The van der Waals surface area contributed by atoms with E-state index in [4.69, 9.17) is 0 Å². The van der Waals surface area contributed by atoms with E-state index in [-0.39, 0.29) is 31.0 Å². The van der Waals surface area contributed by atoms with E-state index in [1.54, 1.807) is 0 Å². The van der Waals surface area contributed by atoms with E-state index in [9.17, 15) is 0 Å². The molecule has 0 radical (unpaired) electrons. The van der Waals surface area contributed by atoms with Crippen LogP contribution < -0.4 is 29.6 Å². The van der Waals surface area contributed by atoms with Crippen LogP contribution in [0, 0.1) is 0 Å². The molecule has 0 aromatic rings. The van der Waals surface area contributed by atoms with E-state index in [0.29, 0.717) is 0 Å². The molecule has 0 aromatic carbocycles. The van der Waals surface area contributed by atoms with Crippen LogP contribution in [0.4, 0.5) is 0 Å². The Morgan fingerprint density at radius 1 is 0.700 bits per heavy atom. The molecule has 1 heteroatoms. The van der Waals surface area contributed by atoms with Gasteiger partial charge in [-0.05, 0) is 0 Å². The maximum absolute atomic E-state index is 2.26. The van der Waals surface area contributed by atoms with Gasteiger partial charge in [0.15, 0.2) is 0 Å². The summed E-state index contributed by atoms with van der Waals surface area (Å²) in [5.74, 6) is 0. The molecule has 0 fully saturated rings. The summed E-state index contributed by atoms with van der Waals surface area (Å²) < 4.78 is 0. The molecule has 0 nitrogen and oxygen atoms in total. The third-order valence-corrected chi connectivity index (χ3v) is 1.71. The van der Waals surface area contributed by atoms with E-state index in [2.05, 4.69) is 13.8 Å². The molecule has 0 bridgehead atoms. The fourth-order valence-corrected chi connectivity index (χ4v) is 1.03. The molecular weight excluding hydrogens is 131 g/mol. The van der Waals surface area contributed by atoms with Crippen molar-refractivity contribution in [1.82, 2.24) is 0 Å². The number of hydrogen-bond acceptors (Lipinski definition) is 0. The molecule has 58 valence electrons. The Morgan fingerprint density at radius 3 is 1.30 bits per heavy atom. The van der Waals surface area contributed by atoms with Gasteiger partial charge in [-0.15, -0.1) is 0 Å². The molecule has 0 unspecified atom stereocenters. The van der Waals surface area contributed by atoms with Crippen LogP contribution in [-0.4, -0.2) is 0 Å². The van der Waals surface area contributed by atoms with Crippen molar-refractivity contribution in [3.63, 3.8) is 0 Å². The number of hydrogen-bond donors (Lipinski definition) is 0. The second kappa shape index (κ2) is 12.7. The number of unbranched alkanes of at least 4 members (excludes halogenated alkanes) is 6. The van der Waals surface area contributed by atoms with Gasteiger partial charge in [-0.2, -0.15) is 0 Å². The Kier molecular flexibility index (Phi) is 17.2. The second-order valence-electron chi connectivity index (χ2n) is 2.77. The molecular formula is C9H21Na. The first-order valence-corrected chi connectivity index (χ1v) is 4.41. The van der Waals surface area contributed by atoms with Gasteiger partial charge in [-0.3, -0.25) is 0 Å². The van der Waals surface area contributed by atoms with Gasteiger partial charge in [-0.25, -0.2) is 0 Å². The first-order chi connectivity index (χ1) is 4.41. The van der Waals surface area contributed by atoms with Crippen LogP contribution in [0.25, 0.3) is 0 Å². The van der Waals surface area contributed by atoms with E-state index >= 15 is 0 Å². The summed E-state index contributed by atoms with van der Waals surface area (Å²) in [6, 6.07) is 0. The van der Waals surface area contributed by atoms with Gasteiger partial charge in [0.25, 0.3) is 0 Å². The van der Waals surface area contributed by atoms with Crippen molar-refractivity contribution in [3.05, 3.63) is 0 Å². The summed E-state index contributed by atoms with van der Waals surface area (Å²) in [4.78, 5) is 0. The molecule has 0 amide bonds. The van der Waals surface area contributed by atoms with Crippen LogP contribution in [0.5, 0.6) is 0 Å². The van der Waals surface area contributed by atoms with E-state index in [0.717, 1.165) is 0 Å². The first kappa shape index (κ1) is 13.6. The topological polar surface area (TPSA) is 0 Å². The molecule has 0 atom stereocenters. The molecule has 0 heterocycles. The quantitative estimate of drug-likeness (QED) is 0.391. The Morgan fingerprint density at radius 2 is 1.00 bits per heavy atom. The van der Waals surface area contributed by atoms with Crippen LogP contribution in [0.15, 0.2) is 0 Å². The first-order valence-electron chi connectivity index (χ1n) is 4.41. The summed E-state index contributed by atoms with van der Waals surface area (Å²) in [5, 5.41) is 0. The standard InChI is InChI=1S/C9H20.Na.H/c1-3-5-7-9-8-6-4-2;;/h3-9H2,1-2H3;;/q;+1;-1. The molecule has 0 aliphatic rings. The van der Waals surface area contributed by atoms with Gasteiger partial charge in [0.05, 0.1) is 0 Å². The van der Waals surface area contributed by atoms with Gasteiger partial charge in [0.2, 0.25) is 0 Å². The summed E-state index contributed by atoms with van der Waals surface area (Å²) in [7, 11) is 0. The predicted molar refractivity (Wildman–Crippen MR) is 44.8 cm³/mol. The van der Waals surface area contributed by atoms with Crippen molar-refractivity contribution in [1.29, 1.82) is 0 Å². The molecule has 0 N–H and O–H groups in total. The second-order valence-corrected chi connectivity index (χ2v) is 2.77. The smallest absolute Gasteiger partial charge is 1.00 e. The average molecular weight is 152 g/mol. The van der Waals surface area contributed by atoms with Gasteiger partial charge < -0.3 is 1.43 Å². The normalized spacial score (nSPS) is 9.00. The zero-order valence-electron chi connectivity index (χ0n) is 8.95. The molecule has 0 saturated heterocycles. The van der Waals surface area contributed by atoms with Gasteiger partial charge >= 0.3 is 29.6 Å². The van der Waals surface area contributed by atoms with Crippen molar-refractivity contribution < 1.29 is 31.0 Å². The third-order valence-electron chi connectivity index (χ3n) is 1.71. The van der Waals surface area contributed by atoms with Crippen LogP contribution >= 0.6 is 0 Å². The molecule has 0 aliphatic carbocycles. The van der Waals surface area contributed by atoms with Crippen molar-refractivity contribution in [2.24, 2.45) is 0 Å². The molecule has 0 aliphatic heterocycles. The van der Waals surface area contributed by atoms with Gasteiger partial charge in [0, 0.05) is 0 Å². The number of rotatable bonds is 6. The van der Waals surface area contributed by atoms with E-state index < -0.39 is 0 Å². The van der Waals surface area contributed by atoms with Gasteiger partial charge in [-0.1, -0.05) is 58.8 Å². The summed E-state index contributed by atoms with van der Waals surface area (Å²) in [6.45, 7) is 4.53. The summed E-state index contributed by atoms with van der Waals surface area (Å²) in [6.07, 6.45) is 9.97. The Labute approximate surface area is 89.6 Å². The van der Waals surface area contributed by atoms with Gasteiger partial charge in [0.1, 0.15) is 0 Å². The Balaban J connectivity index is -0.000000320. The Bertz CT molecular complexity index is 42.8. The molecule has 0 saturated carbocycles. The summed E-state index contributed by atoms with van der Waals surface area (Å²) >= 11 is 0. The predicted octanol–water partition coefficient (Wildman–Crippen LogP) is 0.873. The maximum atomic E-state index is 2.26. The van der Waals surface area contributed by atoms with Crippen molar-refractivity contribution in [2.45, 2.75) is 58.8 Å². The Hall–Kier alpha value is 1.00. The van der Waals surface area contributed by atoms with Crippen LogP contribution in [0.2, 0.25) is 0 Å². The minimum Gasteiger partial charge on any atom is -1.00 e. The van der Waals surface area contributed by atoms with Crippen LogP contribution in [0.3, 0.4) is 0 Å². The zero-order chi connectivity index (χ0) is 6.95. The molecule has 0 rings (SSSR count). The monoisotopic (exact) mass is 152 g/mol. The van der Waals surface area contributed by atoms with E-state index in [1.807, 2.05) is 0 Å². The van der Waals surface area contributed by atoms with Crippen LogP contribution in [0.1, 0.15) is 60.2 Å². The molecule has 10 heavy (non-hydrogen) atoms. The maximum Gasteiger partial charge on any atom is 1.00 e. The zero-order valence-corrected chi connectivity index (χ0v) is 9.95. The largest absolute Gasteiger partial charge is 1.00 e. The third kappa shape index (κ3) is 11.8. The average Bonchev–Trinajstić information content (AvgIpc) is 1.89. The van der Waals surface area contributed by atoms with Crippen molar-refractivity contribution in [2.75, 3.05) is 0 Å². The summed E-state index contributed by atoms with van der Waals surface area (Å²) in [5.41, 5.74) is 0. The SMILES string of the molecule is CCCCCCCCC.[H-].[Na+]. The van der Waals surface area contributed by atoms with E-state index in [1.165, 1.54) is 44.9 Å². The molecule has 0 spiro atoms. The fourth-order valence-electron chi connectivity index (χ4n) is 1.03. The van der Waals surface area contributed by atoms with Crippen molar-refractivity contribution >= 4 is 0 Å². The minimum atomic E-state index is 0. The fraction of sp³-hybridized carbons (Fsp3) is 1.00. The van der Waals surface area contributed by atoms with Crippen molar-refractivity contribution in [3.8, 4) is 0 Å². The molecule has 0 aromatic heterocycles. The van der Waals surface area contributed by atoms with Crippen LogP contribution in [-0.2, 0) is 0 Å². The minimum absolute atomic E-state index is 0.